The first-order valence-corrected chi connectivity index (χ1v) is 13.4. The van der Waals surface area contributed by atoms with Crippen LogP contribution in [0.25, 0.3) is 27.7 Å². The number of hydrogen-bond acceptors (Lipinski definition) is 7. The molecule has 0 saturated carbocycles. The molecular weight excluding hydrogens is 549 g/mol. The molecule has 1 atom stereocenters. The number of methoxy groups -OCH3 is 1. The van der Waals surface area contributed by atoms with Crippen molar-refractivity contribution in [2.45, 2.75) is 38.3 Å². The summed E-state index contributed by atoms with van der Waals surface area (Å²) in [5.41, 5.74) is 0.285. The van der Waals surface area contributed by atoms with Crippen LogP contribution in [0.3, 0.4) is 0 Å². The second kappa shape index (κ2) is 9.59. The number of benzene rings is 1. The van der Waals surface area contributed by atoms with Gasteiger partial charge in [-0.2, -0.15) is 9.29 Å². The molecular formula is C23H24F5N7O3S. The van der Waals surface area contributed by atoms with Crippen LogP contribution >= 0.6 is 0 Å². The van der Waals surface area contributed by atoms with E-state index >= 15 is 4.39 Å². The van der Waals surface area contributed by atoms with Gasteiger partial charge in [0.2, 0.25) is 21.9 Å². The molecule has 39 heavy (non-hydrogen) atoms. The third kappa shape index (κ3) is 4.97. The fraction of sp³-hybridized carbons (Fsp3) is 0.435. The summed E-state index contributed by atoms with van der Waals surface area (Å²) in [6.07, 6.45) is -1.36. The molecule has 1 fully saturated rings. The standard InChI is InChI=1S/C23H24F5N7O3S/c1-12-29-15-5-4-13(8-16(15)34(12)10-18(25)26)19-14(24)9-35-20(19)21(38-2)31-22(32-35)30-17-6-7-33(39(3,36)37)11-23(17,27)28/h4-5,8-9,17-18H,6-7,10-11H2,1-3H3,(H,30,32)/t17-/m1/s1/i2D3. The number of nitrogens with zero attached hydrogens (tertiary/aromatic N) is 6. The van der Waals surface area contributed by atoms with Crippen LogP contribution in [-0.4, -0.2) is 81.6 Å². The Morgan fingerprint density at radius 2 is 2.08 bits per heavy atom. The van der Waals surface area contributed by atoms with Crippen LogP contribution in [0.15, 0.2) is 24.4 Å². The molecule has 4 heterocycles. The Labute approximate surface area is 223 Å². The third-order valence-corrected chi connectivity index (χ3v) is 7.78. The van der Waals surface area contributed by atoms with Crippen LogP contribution in [0.2, 0.25) is 0 Å². The van der Waals surface area contributed by atoms with E-state index < -0.39 is 66.2 Å². The van der Waals surface area contributed by atoms with Gasteiger partial charge >= 0.3 is 0 Å². The first-order valence-electron chi connectivity index (χ1n) is 13.1. The Morgan fingerprint density at radius 1 is 1.31 bits per heavy atom. The number of fused-ring (bicyclic) bond motifs is 2. The van der Waals surface area contributed by atoms with Crippen molar-refractivity contribution in [1.82, 2.24) is 28.5 Å². The number of ether oxygens (including phenoxy) is 1. The van der Waals surface area contributed by atoms with Crippen LogP contribution in [0.5, 0.6) is 5.88 Å². The molecule has 1 aliphatic heterocycles. The van der Waals surface area contributed by atoms with Gasteiger partial charge in [-0.25, -0.2) is 39.9 Å². The van der Waals surface area contributed by atoms with Gasteiger partial charge in [0.05, 0.1) is 59.3 Å². The first-order chi connectivity index (χ1) is 19.4. The quantitative estimate of drug-likeness (QED) is 0.336. The number of rotatable bonds is 7. The van der Waals surface area contributed by atoms with E-state index in [2.05, 4.69) is 20.4 Å². The molecule has 0 radical (unpaired) electrons. The number of anilines is 1. The zero-order valence-electron chi connectivity index (χ0n) is 23.5. The minimum absolute atomic E-state index is 0.136. The normalized spacial score (nSPS) is 19.8. The number of sulfonamides is 1. The maximum atomic E-state index is 15.5. The van der Waals surface area contributed by atoms with Crippen LogP contribution in [0, 0.1) is 12.7 Å². The van der Waals surface area contributed by atoms with Gasteiger partial charge in [-0.05, 0) is 31.0 Å². The van der Waals surface area contributed by atoms with Crippen molar-refractivity contribution in [1.29, 1.82) is 0 Å². The highest BCUT2D eigenvalue weighted by Gasteiger charge is 2.47. The predicted molar refractivity (Wildman–Crippen MR) is 132 cm³/mol. The lowest BCUT2D eigenvalue weighted by Gasteiger charge is -2.37. The zero-order valence-corrected chi connectivity index (χ0v) is 21.3. The molecule has 5 rings (SSSR count). The Bertz CT molecular complexity index is 1780. The molecule has 0 bridgehead atoms. The topological polar surface area (TPSA) is 107 Å². The molecule has 16 heteroatoms. The Morgan fingerprint density at radius 3 is 2.74 bits per heavy atom. The maximum absolute atomic E-state index is 15.5. The number of nitrogens with one attached hydrogen (secondary N) is 1. The Kier molecular flexibility index (Phi) is 5.74. The van der Waals surface area contributed by atoms with Gasteiger partial charge < -0.3 is 14.6 Å². The summed E-state index contributed by atoms with van der Waals surface area (Å²) in [5.74, 6) is -5.37. The minimum Gasteiger partial charge on any atom is -0.479 e. The molecule has 0 unspecified atom stereocenters. The smallest absolute Gasteiger partial charge is 0.281 e. The summed E-state index contributed by atoms with van der Waals surface area (Å²) in [6.45, 7) is -0.449. The summed E-state index contributed by atoms with van der Waals surface area (Å²) in [5, 5.41) is 6.43. The van der Waals surface area contributed by atoms with E-state index in [1.807, 2.05) is 0 Å². The highest BCUT2D eigenvalue weighted by molar-refractivity contribution is 7.88. The number of hydrogen-bond donors (Lipinski definition) is 1. The first kappa shape index (κ1) is 23.4. The van der Waals surface area contributed by atoms with Crippen molar-refractivity contribution >= 4 is 32.5 Å². The number of piperidine rings is 1. The number of halogens is 5. The monoisotopic (exact) mass is 576 g/mol. The third-order valence-electron chi connectivity index (χ3n) is 6.53. The van der Waals surface area contributed by atoms with E-state index in [9.17, 15) is 26.0 Å². The largest absolute Gasteiger partial charge is 0.479 e. The molecule has 3 aromatic heterocycles. The van der Waals surface area contributed by atoms with Gasteiger partial charge in [0, 0.05) is 6.54 Å². The lowest BCUT2D eigenvalue weighted by Crippen LogP contribution is -2.55. The van der Waals surface area contributed by atoms with Gasteiger partial charge in [0.1, 0.15) is 11.3 Å². The van der Waals surface area contributed by atoms with Gasteiger partial charge in [0.15, 0.2) is 5.82 Å². The maximum Gasteiger partial charge on any atom is 0.281 e. The van der Waals surface area contributed by atoms with E-state index in [1.54, 1.807) is 0 Å². The Balaban J connectivity index is 1.59. The molecule has 1 aliphatic rings. The van der Waals surface area contributed by atoms with Crippen LogP contribution < -0.4 is 10.1 Å². The molecule has 210 valence electrons. The number of alkyl halides is 4. The van der Waals surface area contributed by atoms with Crippen molar-refractivity contribution < 1.29 is 39.2 Å². The summed E-state index contributed by atoms with van der Waals surface area (Å²) in [4.78, 5) is 8.20. The molecule has 4 aromatic rings. The lowest BCUT2D eigenvalue weighted by atomic mass is 10.0. The fourth-order valence-electron chi connectivity index (χ4n) is 4.72. The van der Waals surface area contributed by atoms with E-state index in [0.29, 0.717) is 15.6 Å². The Hall–Kier alpha value is -3.53. The summed E-state index contributed by atoms with van der Waals surface area (Å²) in [7, 11) is -6.97. The molecule has 1 aromatic carbocycles. The van der Waals surface area contributed by atoms with Gasteiger partial charge in [-0.1, -0.05) is 6.07 Å². The van der Waals surface area contributed by atoms with Crippen molar-refractivity contribution in [3.63, 3.8) is 0 Å². The molecule has 1 saturated heterocycles. The van der Waals surface area contributed by atoms with Crippen LogP contribution in [0.4, 0.5) is 27.9 Å². The van der Waals surface area contributed by atoms with Crippen LogP contribution in [-0.2, 0) is 16.6 Å². The average molecular weight is 577 g/mol. The minimum atomic E-state index is -3.88. The van der Waals surface area contributed by atoms with Crippen molar-refractivity contribution in [2.75, 3.05) is 31.7 Å². The van der Waals surface area contributed by atoms with Gasteiger partial charge in [-0.15, -0.1) is 5.10 Å². The second-order valence-electron chi connectivity index (χ2n) is 9.20. The highest BCUT2D eigenvalue weighted by atomic mass is 32.2. The number of imidazole rings is 1. The van der Waals surface area contributed by atoms with Gasteiger partial charge in [-0.3, -0.25) is 0 Å². The van der Waals surface area contributed by atoms with E-state index in [1.165, 1.54) is 29.7 Å². The highest BCUT2D eigenvalue weighted by Crippen LogP contribution is 2.36. The van der Waals surface area contributed by atoms with Crippen molar-refractivity contribution in [2.24, 2.45) is 0 Å². The summed E-state index contributed by atoms with van der Waals surface area (Å²) in [6, 6.07) is 2.68. The zero-order chi connectivity index (χ0) is 30.8. The van der Waals surface area contributed by atoms with Crippen molar-refractivity contribution in [3.8, 4) is 17.0 Å². The van der Waals surface area contributed by atoms with E-state index in [4.69, 9.17) is 8.85 Å². The second-order valence-corrected chi connectivity index (χ2v) is 11.2. The SMILES string of the molecule is [2H]C([2H])([2H])Oc1nc(N[C@@H]2CCN(S(C)(=O)=O)CC2(F)F)nn2cc(F)c(-c3ccc4nc(C)n(CC(F)F)c4c3)c12. The molecule has 10 nitrogen and oxygen atoms in total. The summed E-state index contributed by atoms with van der Waals surface area (Å²) >= 11 is 0. The molecule has 0 aliphatic carbocycles. The van der Waals surface area contributed by atoms with Gasteiger partial charge in [0.25, 0.3) is 12.3 Å². The lowest BCUT2D eigenvalue weighted by molar-refractivity contribution is -0.0541. The van der Waals surface area contributed by atoms with Crippen LogP contribution in [0.1, 0.15) is 16.4 Å². The van der Waals surface area contributed by atoms with E-state index in [-0.39, 0.29) is 35.1 Å². The van der Waals surface area contributed by atoms with Crippen molar-refractivity contribution in [3.05, 3.63) is 36.0 Å². The summed E-state index contributed by atoms with van der Waals surface area (Å²) < 4.78 is 126. The molecule has 0 spiro atoms. The van der Waals surface area contributed by atoms with E-state index in [0.717, 1.165) is 17.0 Å². The average Bonchev–Trinajstić information content (AvgIpc) is 3.33. The molecule has 0 amide bonds. The fourth-order valence-corrected chi connectivity index (χ4v) is 5.56. The number of aromatic nitrogens is 5. The number of aryl methyl sites for hydroxylation is 1. The predicted octanol–water partition coefficient (Wildman–Crippen LogP) is 3.55. The molecule has 1 N–H and O–H groups in total.